The average molecular weight is 261 g/mol. The highest BCUT2D eigenvalue weighted by Crippen LogP contribution is 2.17. The molecule has 3 heteroatoms. The fraction of sp³-hybridized carbons (Fsp3) is 0.562. The Morgan fingerprint density at radius 1 is 1.26 bits per heavy atom. The van der Waals surface area contributed by atoms with E-state index in [9.17, 15) is 4.79 Å². The van der Waals surface area contributed by atoms with Crippen LogP contribution in [0.2, 0.25) is 0 Å². The first kappa shape index (κ1) is 14.1. The summed E-state index contributed by atoms with van der Waals surface area (Å²) >= 11 is 0. The maximum atomic E-state index is 11.8. The summed E-state index contributed by atoms with van der Waals surface area (Å²) in [4.78, 5) is 11.8. The van der Waals surface area contributed by atoms with E-state index in [1.54, 1.807) is 12.1 Å². The van der Waals surface area contributed by atoms with Gasteiger partial charge in [-0.05, 0) is 31.9 Å². The second kappa shape index (κ2) is 7.29. The minimum absolute atomic E-state index is 0.218. The maximum Gasteiger partial charge on any atom is 0.338 e. The molecule has 104 valence electrons. The van der Waals surface area contributed by atoms with Crippen molar-refractivity contribution in [3.05, 3.63) is 35.9 Å². The molecule has 1 aliphatic rings. The number of ether oxygens (including phenoxy) is 1. The van der Waals surface area contributed by atoms with Crippen LogP contribution in [0.1, 0.15) is 49.4 Å². The number of rotatable bonds is 5. The zero-order valence-corrected chi connectivity index (χ0v) is 11.6. The molecule has 1 aliphatic carbocycles. The van der Waals surface area contributed by atoms with Crippen LogP contribution in [-0.4, -0.2) is 24.7 Å². The highest BCUT2D eigenvalue weighted by Gasteiger charge is 2.16. The summed E-state index contributed by atoms with van der Waals surface area (Å²) in [6.45, 7) is 2.51. The average Bonchev–Trinajstić information content (AvgIpc) is 2.47. The Morgan fingerprint density at radius 2 is 1.95 bits per heavy atom. The third kappa shape index (κ3) is 4.67. The molecular formula is C16H23NO2. The van der Waals surface area contributed by atoms with Crippen LogP contribution in [0.5, 0.6) is 0 Å². The minimum Gasteiger partial charge on any atom is -0.460 e. The molecule has 0 heterocycles. The normalized spacial score (nSPS) is 17.9. The Kier molecular flexibility index (Phi) is 5.40. The van der Waals surface area contributed by atoms with E-state index in [0.717, 1.165) is 0 Å². The summed E-state index contributed by atoms with van der Waals surface area (Å²) in [5.41, 5.74) is 0.618. The van der Waals surface area contributed by atoms with Crippen LogP contribution >= 0.6 is 0 Å². The predicted octanol–water partition coefficient (Wildman–Crippen LogP) is 3.15. The van der Waals surface area contributed by atoms with Crippen LogP contribution in [0.25, 0.3) is 0 Å². The van der Waals surface area contributed by atoms with Crippen LogP contribution in [0.3, 0.4) is 0 Å². The van der Waals surface area contributed by atoms with Crippen molar-refractivity contribution in [3.8, 4) is 0 Å². The van der Waals surface area contributed by atoms with Gasteiger partial charge in [-0.1, -0.05) is 37.5 Å². The number of benzene rings is 1. The lowest BCUT2D eigenvalue weighted by Crippen LogP contribution is -2.40. The van der Waals surface area contributed by atoms with Gasteiger partial charge in [0.05, 0.1) is 5.56 Å². The second-order valence-corrected chi connectivity index (χ2v) is 5.37. The van der Waals surface area contributed by atoms with Crippen molar-refractivity contribution >= 4 is 5.97 Å². The fourth-order valence-electron chi connectivity index (χ4n) is 2.58. The van der Waals surface area contributed by atoms with Gasteiger partial charge in [-0.2, -0.15) is 0 Å². The van der Waals surface area contributed by atoms with E-state index in [4.69, 9.17) is 4.74 Å². The molecule has 1 aromatic rings. The molecule has 0 unspecified atom stereocenters. The van der Waals surface area contributed by atoms with E-state index in [2.05, 4.69) is 12.2 Å². The Bertz CT molecular complexity index is 385. The molecular weight excluding hydrogens is 238 g/mol. The summed E-state index contributed by atoms with van der Waals surface area (Å²) in [6, 6.07) is 9.96. The fourth-order valence-corrected chi connectivity index (χ4v) is 2.58. The molecule has 0 amide bonds. The van der Waals surface area contributed by atoms with Crippen molar-refractivity contribution in [1.29, 1.82) is 0 Å². The van der Waals surface area contributed by atoms with Crippen LogP contribution < -0.4 is 5.32 Å². The van der Waals surface area contributed by atoms with Crippen LogP contribution in [0, 0.1) is 0 Å². The third-order valence-electron chi connectivity index (χ3n) is 3.60. The Hall–Kier alpha value is -1.35. The molecule has 1 atom stereocenters. The summed E-state index contributed by atoms with van der Waals surface area (Å²) < 4.78 is 5.33. The smallest absolute Gasteiger partial charge is 0.338 e. The van der Waals surface area contributed by atoms with Gasteiger partial charge >= 0.3 is 5.97 Å². The molecule has 3 nitrogen and oxygen atoms in total. The topological polar surface area (TPSA) is 38.3 Å². The summed E-state index contributed by atoms with van der Waals surface area (Å²) in [7, 11) is 0. The molecule has 1 N–H and O–H groups in total. The largest absolute Gasteiger partial charge is 0.460 e. The first-order valence-corrected chi connectivity index (χ1v) is 7.24. The lowest BCUT2D eigenvalue weighted by Gasteiger charge is -2.26. The molecule has 0 spiro atoms. The van der Waals surface area contributed by atoms with Crippen LogP contribution in [0.4, 0.5) is 0 Å². The molecule has 0 saturated heterocycles. The first-order chi connectivity index (χ1) is 9.25. The van der Waals surface area contributed by atoms with Gasteiger partial charge in [0.25, 0.3) is 0 Å². The Labute approximate surface area is 115 Å². The van der Waals surface area contributed by atoms with E-state index in [1.165, 1.54) is 32.1 Å². The van der Waals surface area contributed by atoms with E-state index in [1.807, 2.05) is 18.2 Å². The van der Waals surface area contributed by atoms with Gasteiger partial charge in [-0.3, -0.25) is 0 Å². The molecule has 1 saturated carbocycles. The van der Waals surface area contributed by atoms with Crippen molar-refractivity contribution in [2.45, 2.75) is 51.1 Å². The van der Waals surface area contributed by atoms with Gasteiger partial charge in [0.15, 0.2) is 0 Å². The first-order valence-electron chi connectivity index (χ1n) is 7.24. The monoisotopic (exact) mass is 261 g/mol. The number of carbonyl (C=O) groups excluding carboxylic acids is 1. The Balaban J connectivity index is 1.71. The van der Waals surface area contributed by atoms with E-state index < -0.39 is 0 Å². The number of esters is 1. The molecule has 2 rings (SSSR count). The van der Waals surface area contributed by atoms with Gasteiger partial charge in [-0.15, -0.1) is 0 Å². The number of hydrogen-bond acceptors (Lipinski definition) is 3. The highest BCUT2D eigenvalue weighted by atomic mass is 16.5. The summed E-state index contributed by atoms with van der Waals surface area (Å²) in [5, 5.41) is 3.55. The van der Waals surface area contributed by atoms with Gasteiger partial charge in [0.2, 0.25) is 0 Å². The molecule has 1 fully saturated rings. The van der Waals surface area contributed by atoms with Crippen molar-refractivity contribution in [1.82, 2.24) is 5.32 Å². The number of hydrogen-bond donors (Lipinski definition) is 1. The SMILES string of the molecule is C[C@@H](COC(=O)c1ccccc1)NC1CCCCC1. The number of nitrogens with one attached hydrogen (secondary N) is 1. The zero-order chi connectivity index (χ0) is 13.5. The summed E-state index contributed by atoms with van der Waals surface area (Å²) in [6.07, 6.45) is 6.48. The van der Waals surface area contributed by atoms with Crippen LogP contribution in [0.15, 0.2) is 30.3 Å². The van der Waals surface area contributed by atoms with Gasteiger partial charge in [-0.25, -0.2) is 4.79 Å². The highest BCUT2D eigenvalue weighted by molar-refractivity contribution is 5.89. The maximum absolute atomic E-state index is 11.8. The number of carbonyl (C=O) groups is 1. The quantitative estimate of drug-likeness (QED) is 0.827. The molecule has 0 aromatic heterocycles. The molecule has 0 aliphatic heterocycles. The van der Waals surface area contributed by atoms with Crippen LogP contribution in [-0.2, 0) is 4.74 Å². The van der Waals surface area contributed by atoms with Crippen molar-refractivity contribution < 1.29 is 9.53 Å². The Morgan fingerprint density at radius 3 is 2.63 bits per heavy atom. The third-order valence-corrected chi connectivity index (χ3v) is 3.60. The second-order valence-electron chi connectivity index (χ2n) is 5.37. The predicted molar refractivity (Wildman–Crippen MR) is 76.2 cm³/mol. The van der Waals surface area contributed by atoms with E-state index in [-0.39, 0.29) is 12.0 Å². The van der Waals surface area contributed by atoms with E-state index >= 15 is 0 Å². The lowest BCUT2D eigenvalue weighted by molar-refractivity contribution is 0.0464. The standard InChI is InChI=1S/C16H23NO2/c1-13(17-15-10-6-3-7-11-15)12-19-16(18)14-8-4-2-5-9-14/h2,4-5,8-9,13,15,17H,3,6-7,10-12H2,1H3/t13-/m0/s1. The van der Waals surface area contributed by atoms with Gasteiger partial charge < -0.3 is 10.1 Å². The van der Waals surface area contributed by atoms with Gasteiger partial charge in [0, 0.05) is 12.1 Å². The molecule has 19 heavy (non-hydrogen) atoms. The van der Waals surface area contributed by atoms with Crippen molar-refractivity contribution in [3.63, 3.8) is 0 Å². The summed E-state index contributed by atoms with van der Waals surface area (Å²) in [5.74, 6) is -0.238. The van der Waals surface area contributed by atoms with Gasteiger partial charge in [0.1, 0.15) is 6.61 Å². The van der Waals surface area contributed by atoms with Crippen molar-refractivity contribution in [2.75, 3.05) is 6.61 Å². The minimum atomic E-state index is -0.238. The molecule has 0 bridgehead atoms. The molecule has 0 radical (unpaired) electrons. The van der Waals surface area contributed by atoms with E-state index in [0.29, 0.717) is 18.2 Å². The zero-order valence-electron chi connectivity index (χ0n) is 11.6. The lowest BCUT2D eigenvalue weighted by atomic mass is 9.95. The van der Waals surface area contributed by atoms with Crippen molar-refractivity contribution in [2.24, 2.45) is 0 Å². The molecule has 1 aromatic carbocycles.